The molecule has 0 aliphatic rings. The number of hydrogen-bond acceptors (Lipinski definition) is 3. The summed E-state index contributed by atoms with van der Waals surface area (Å²) in [5.41, 5.74) is 0.862. The Bertz CT molecular complexity index is 309. The zero-order valence-corrected chi connectivity index (χ0v) is 8.40. The summed E-state index contributed by atoms with van der Waals surface area (Å²) in [6.45, 7) is 4.05. The average Bonchev–Trinajstić information content (AvgIpc) is 2.51. The van der Waals surface area contributed by atoms with Gasteiger partial charge in [-0.15, -0.1) is 0 Å². The summed E-state index contributed by atoms with van der Waals surface area (Å²) in [6.07, 6.45) is 4.35. The number of rotatable bonds is 5. The zero-order valence-electron chi connectivity index (χ0n) is 8.40. The van der Waals surface area contributed by atoms with Crippen LogP contribution in [0.2, 0.25) is 0 Å². The van der Waals surface area contributed by atoms with E-state index in [1.54, 1.807) is 12.4 Å². The van der Waals surface area contributed by atoms with Gasteiger partial charge in [-0.3, -0.25) is 9.48 Å². The standard InChI is InChI=1S/C9H15N3O2/c1-3-7(2)11-8-4-10-12(5-8)6-9(13)14/h4-5,7,11H,3,6H2,1-2H3,(H,13,14). The van der Waals surface area contributed by atoms with Gasteiger partial charge in [0.25, 0.3) is 0 Å². The van der Waals surface area contributed by atoms with E-state index < -0.39 is 5.97 Å². The van der Waals surface area contributed by atoms with Crippen molar-refractivity contribution >= 4 is 11.7 Å². The Hall–Kier alpha value is -1.52. The van der Waals surface area contributed by atoms with E-state index in [0.717, 1.165) is 12.1 Å². The molecule has 1 aromatic heterocycles. The van der Waals surface area contributed by atoms with Gasteiger partial charge in [-0.2, -0.15) is 5.10 Å². The first-order valence-corrected chi connectivity index (χ1v) is 4.62. The van der Waals surface area contributed by atoms with Crippen LogP contribution in [0.3, 0.4) is 0 Å². The fraction of sp³-hybridized carbons (Fsp3) is 0.556. The van der Waals surface area contributed by atoms with Gasteiger partial charge >= 0.3 is 5.97 Å². The third-order valence-corrected chi connectivity index (χ3v) is 1.96. The van der Waals surface area contributed by atoms with Crippen LogP contribution in [0.25, 0.3) is 0 Å². The van der Waals surface area contributed by atoms with Crippen LogP contribution in [0, 0.1) is 0 Å². The van der Waals surface area contributed by atoms with E-state index >= 15 is 0 Å². The molecule has 0 amide bonds. The van der Waals surface area contributed by atoms with Crippen molar-refractivity contribution in [2.75, 3.05) is 5.32 Å². The monoisotopic (exact) mass is 197 g/mol. The number of hydrogen-bond donors (Lipinski definition) is 2. The number of nitrogens with zero attached hydrogens (tertiary/aromatic N) is 2. The summed E-state index contributed by atoms with van der Waals surface area (Å²) in [4.78, 5) is 10.4. The Morgan fingerprint density at radius 1 is 1.79 bits per heavy atom. The van der Waals surface area contributed by atoms with Crippen molar-refractivity contribution in [3.63, 3.8) is 0 Å². The predicted octanol–water partition coefficient (Wildman–Crippen LogP) is 1.18. The Morgan fingerprint density at radius 3 is 3.07 bits per heavy atom. The molecule has 78 valence electrons. The van der Waals surface area contributed by atoms with Gasteiger partial charge in [-0.25, -0.2) is 0 Å². The predicted molar refractivity (Wildman–Crippen MR) is 53.2 cm³/mol. The topological polar surface area (TPSA) is 67.2 Å². The van der Waals surface area contributed by atoms with Crippen molar-refractivity contribution in [3.8, 4) is 0 Å². The van der Waals surface area contributed by atoms with Gasteiger partial charge in [0.05, 0.1) is 11.9 Å². The number of aliphatic carboxylic acids is 1. The average molecular weight is 197 g/mol. The van der Waals surface area contributed by atoms with Crippen LogP contribution in [-0.4, -0.2) is 26.9 Å². The quantitative estimate of drug-likeness (QED) is 0.743. The first-order chi connectivity index (χ1) is 6.61. The van der Waals surface area contributed by atoms with Gasteiger partial charge in [-0.1, -0.05) is 6.92 Å². The first kappa shape index (κ1) is 10.6. The third-order valence-electron chi connectivity index (χ3n) is 1.96. The highest BCUT2D eigenvalue weighted by molar-refractivity contribution is 5.66. The van der Waals surface area contributed by atoms with Crippen molar-refractivity contribution in [2.45, 2.75) is 32.9 Å². The lowest BCUT2D eigenvalue weighted by Crippen LogP contribution is -2.13. The van der Waals surface area contributed by atoms with Gasteiger partial charge in [0.1, 0.15) is 6.54 Å². The van der Waals surface area contributed by atoms with Crippen LogP contribution in [0.15, 0.2) is 12.4 Å². The smallest absolute Gasteiger partial charge is 0.325 e. The highest BCUT2D eigenvalue weighted by atomic mass is 16.4. The molecule has 1 heterocycles. The molecule has 0 saturated carbocycles. The number of anilines is 1. The van der Waals surface area contributed by atoms with Crippen LogP contribution < -0.4 is 5.32 Å². The molecular formula is C9H15N3O2. The molecule has 0 aliphatic carbocycles. The second kappa shape index (κ2) is 4.64. The number of carbonyl (C=O) groups is 1. The molecular weight excluding hydrogens is 182 g/mol. The SMILES string of the molecule is CCC(C)Nc1cnn(CC(=O)O)c1. The summed E-state index contributed by atoms with van der Waals surface area (Å²) < 4.78 is 1.40. The van der Waals surface area contributed by atoms with Crippen LogP contribution in [-0.2, 0) is 11.3 Å². The van der Waals surface area contributed by atoms with Gasteiger partial charge in [-0.05, 0) is 13.3 Å². The van der Waals surface area contributed by atoms with Crippen LogP contribution in [0.5, 0.6) is 0 Å². The Labute approximate surface area is 82.7 Å². The van der Waals surface area contributed by atoms with Crippen molar-refractivity contribution in [2.24, 2.45) is 0 Å². The minimum Gasteiger partial charge on any atom is -0.480 e. The molecule has 0 saturated heterocycles. The highest BCUT2D eigenvalue weighted by Crippen LogP contribution is 2.07. The fourth-order valence-corrected chi connectivity index (χ4v) is 1.05. The lowest BCUT2D eigenvalue weighted by molar-refractivity contribution is -0.137. The molecule has 0 radical (unpaired) electrons. The number of nitrogens with one attached hydrogen (secondary N) is 1. The van der Waals surface area contributed by atoms with E-state index in [9.17, 15) is 4.79 Å². The van der Waals surface area contributed by atoms with Crippen LogP contribution in [0.4, 0.5) is 5.69 Å². The maximum atomic E-state index is 10.4. The van der Waals surface area contributed by atoms with E-state index in [1.807, 2.05) is 0 Å². The lowest BCUT2D eigenvalue weighted by Gasteiger charge is -2.09. The second-order valence-corrected chi connectivity index (χ2v) is 3.27. The van der Waals surface area contributed by atoms with Gasteiger partial charge in [0, 0.05) is 12.2 Å². The molecule has 14 heavy (non-hydrogen) atoms. The maximum Gasteiger partial charge on any atom is 0.325 e. The van der Waals surface area contributed by atoms with Gasteiger partial charge < -0.3 is 10.4 Å². The molecule has 0 aliphatic heterocycles. The van der Waals surface area contributed by atoms with E-state index in [-0.39, 0.29) is 6.54 Å². The van der Waals surface area contributed by atoms with E-state index in [1.165, 1.54) is 4.68 Å². The van der Waals surface area contributed by atoms with Gasteiger partial charge in [0.2, 0.25) is 0 Å². The molecule has 0 spiro atoms. The summed E-state index contributed by atoms with van der Waals surface area (Å²) in [5, 5.41) is 15.6. The molecule has 2 N–H and O–H groups in total. The maximum absolute atomic E-state index is 10.4. The van der Waals surface area contributed by atoms with E-state index in [0.29, 0.717) is 6.04 Å². The Kier molecular flexibility index (Phi) is 3.50. The molecule has 5 nitrogen and oxygen atoms in total. The molecule has 5 heteroatoms. The molecule has 0 bridgehead atoms. The summed E-state index contributed by atoms with van der Waals surface area (Å²) in [5.74, 6) is -0.886. The van der Waals surface area contributed by atoms with E-state index in [4.69, 9.17) is 5.11 Å². The Morgan fingerprint density at radius 2 is 2.50 bits per heavy atom. The molecule has 1 rings (SSSR count). The van der Waals surface area contributed by atoms with Crippen molar-refractivity contribution in [1.82, 2.24) is 9.78 Å². The minimum absolute atomic E-state index is 0.0951. The molecule has 1 atom stereocenters. The number of aromatic nitrogens is 2. The summed E-state index contributed by atoms with van der Waals surface area (Å²) in [7, 11) is 0. The fourth-order valence-electron chi connectivity index (χ4n) is 1.05. The van der Waals surface area contributed by atoms with Gasteiger partial charge in [0.15, 0.2) is 0 Å². The lowest BCUT2D eigenvalue weighted by atomic mass is 10.2. The van der Waals surface area contributed by atoms with Crippen LogP contribution >= 0.6 is 0 Å². The summed E-state index contributed by atoms with van der Waals surface area (Å²) >= 11 is 0. The number of carboxylic acid groups (broad SMARTS) is 1. The Balaban J connectivity index is 2.54. The summed E-state index contributed by atoms with van der Waals surface area (Å²) in [6, 6.07) is 0.373. The zero-order chi connectivity index (χ0) is 10.6. The van der Waals surface area contributed by atoms with Crippen molar-refractivity contribution in [3.05, 3.63) is 12.4 Å². The highest BCUT2D eigenvalue weighted by Gasteiger charge is 2.03. The third kappa shape index (κ3) is 3.08. The number of carboxylic acids is 1. The molecule has 1 unspecified atom stereocenters. The molecule has 1 aromatic rings. The van der Waals surface area contributed by atoms with Crippen molar-refractivity contribution in [1.29, 1.82) is 0 Å². The molecule has 0 aromatic carbocycles. The van der Waals surface area contributed by atoms with Crippen LogP contribution in [0.1, 0.15) is 20.3 Å². The second-order valence-electron chi connectivity index (χ2n) is 3.27. The van der Waals surface area contributed by atoms with Crippen molar-refractivity contribution < 1.29 is 9.90 Å². The largest absolute Gasteiger partial charge is 0.480 e. The minimum atomic E-state index is -0.886. The van der Waals surface area contributed by atoms with E-state index in [2.05, 4.69) is 24.3 Å². The first-order valence-electron chi connectivity index (χ1n) is 4.62. The molecule has 0 fully saturated rings. The normalized spacial score (nSPS) is 12.4.